The average Bonchev–Trinajstić information content (AvgIpc) is 2.92. The Bertz CT molecular complexity index is 260. The molecule has 2 aliphatic heterocycles. The quantitative estimate of drug-likeness (QED) is 0.636. The second-order valence-corrected chi connectivity index (χ2v) is 6.03. The molecule has 2 saturated heterocycles. The first-order valence-corrected chi connectivity index (χ1v) is 8.00. The van der Waals surface area contributed by atoms with Gasteiger partial charge >= 0.3 is 0 Å². The summed E-state index contributed by atoms with van der Waals surface area (Å²) in [5.41, 5.74) is 0. The minimum Gasteiger partial charge on any atom is -0.389 e. The van der Waals surface area contributed by atoms with Crippen LogP contribution in [-0.2, 0) is 9.47 Å². The molecule has 5 nitrogen and oxygen atoms in total. The number of β-amino-alcohol motifs (C(OH)–C–C–N with tert-alkyl or cyclic N) is 1. The maximum atomic E-state index is 10.1. The monoisotopic (exact) mass is 286 g/mol. The molecule has 20 heavy (non-hydrogen) atoms. The third-order valence-corrected chi connectivity index (χ3v) is 4.48. The van der Waals surface area contributed by atoms with Crippen LogP contribution >= 0.6 is 0 Å². The predicted molar refractivity (Wildman–Crippen MR) is 78.9 cm³/mol. The summed E-state index contributed by atoms with van der Waals surface area (Å²) in [5.74, 6) is 0.757. The van der Waals surface area contributed by atoms with E-state index in [0.29, 0.717) is 25.9 Å². The average molecular weight is 286 g/mol. The largest absolute Gasteiger partial charge is 0.389 e. The molecule has 0 spiro atoms. The smallest absolute Gasteiger partial charge is 0.0900 e. The van der Waals surface area contributed by atoms with Crippen LogP contribution in [0.2, 0.25) is 0 Å². The van der Waals surface area contributed by atoms with Crippen molar-refractivity contribution in [3.63, 3.8) is 0 Å². The lowest BCUT2D eigenvalue weighted by molar-refractivity contribution is -0.00591. The fourth-order valence-electron chi connectivity index (χ4n) is 3.50. The molecule has 118 valence electrons. The lowest BCUT2D eigenvalue weighted by atomic mass is 9.90. The Kier molecular flexibility index (Phi) is 7.24. The molecule has 0 aromatic carbocycles. The molecular formula is C15H30N2O3. The van der Waals surface area contributed by atoms with E-state index in [9.17, 15) is 5.11 Å². The number of hydrogen-bond donors (Lipinski definition) is 2. The number of likely N-dealkylation sites (tertiary alicyclic amines) is 1. The fraction of sp³-hybridized carbons (Fsp3) is 1.00. The zero-order valence-corrected chi connectivity index (χ0v) is 12.7. The van der Waals surface area contributed by atoms with Crippen LogP contribution in [0.15, 0.2) is 0 Å². The first-order valence-electron chi connectivity index (χ1n) is 8.00. The van der Waals surface area contributed by atoms with Crippen molar-refractivity contribution >= 4 is 0 Å². The first-order chi connectivity index (χ1) is 9.81. The molecule has 0 saturated carbocycles. The maximum Gasteiger partial charge on any atom is 0.0900 e. The van der Waals surface area contributed by atoms with E-state index in [4.69, 9.17) is 9.47 Å². The molecule has 3 atom stereocenters. The third-order valence-electron chi connectivity index (χ3n) is 4.48. The van der Waals surface area contributed by atoms with E-state index in [1.807, 2.05) is 0 Å². The highest BCUT2D eigenvalue weighted by atomic mass is 16.5. The van der Waals surface area contributed by atoms with Crippen LogP contribution in [0.5, 0.6) is 0 Å². The summed E-state index contributed by atoms with van der Waals surface area (Å²) in [7, 11) is 1.66. The minimum absolute atomic E-state index is 0.385. The van der Waals surface area contributed by atoms with E-state index in [-0.39, 0.29) is 6.10 Å². The Morgan fingerprint density at radius 2 is 2.20 bits per heavy atom. The Morgan fingerprint density at radius 1 is 1.30 bits per heavy atom. The van der Waals surface area contributed by atoms with Crippen LogP contribution in [0.25, 0.3) is 0 Å². The van der Waals surface area contributed by atoms with E-state index in [2.05, 4.69) is 10.2 Å². The van der Waals surface area contributed by atoms with E-state index >= 15 is 0 Å². The van der Waals surface area contributed by atoms with Gasteiger partial charge < -0.3 is 19.9 Å². The van der Waals surface area contributed by atoms with Crippen molar-refractivity contribution in [1.29, 1.82) is 0 Å². The van der Waals surface area contributed by atoms with Gasteiger partial charge in [-0.15, -0.1) is 0 Å². The Hall–Kier alpha value is -0.200. The molecule has 2 fully saturated rings. The van der Waals surface area contributed by atoms with Crippen LogP contribution in [0.4, 0.5) is 0 Å². The highest BCUT2D eigenvalue weighted by molar-refractivity contribution is 4.88. The second-order valence-electron chi connectivity index (χ2n) is 6.03. The number of nitrogens with zero attached hydrogens (tertiary/aromatic N) is 1. The van der Waals surface area contributed by atoms with Gasteiger partial charge in [0.1, 0.15) is 0 Å². The van der Waals surface area contributed by atoms with Gasteiger partial charge in [0.2, 0.25) is 0 Å². The lowest BCUT2D eigenvalue weighted by Gasteiger charge is -2.35. The number of aliphatic hydroxyl groups excluding tert-OH is 1. The highest BCUT2D eigenvalue weighted by Gasteiger charge is 2.33. The Morgan fingerprint density at radius 3 is 2.95 bits per heavy atom. The van der Waals surface area contributed by atoms with Gasteiger partial charge in [-0.25, -0.2) is 0 Å². The second kappa shape index (κ2) is 8.95. The van der Waals surface area contributed by atoms with Gasteiger partial charge in [-0.05, 0) is 51.2 Å². The molecule has 3 unspecified atom stereocenters. The standard InChI is InChI=1S/C15H30N2O3/c1-19-8-9-20-12-14(18)11-17-7-3-5-15(17)13-4-2-6-16-10-13/h13-16,18H,2-12H2,1H3. The molecule has 2 aliphatic rings. The van der Waals surface area contributed by atoms with Crippen LogP contribution in [0, 0.1) is 5.92 Å². The normalized spacial score (nSPS) is 29.7. The van der Waals surface area contributed by atoms with Gasteiger partial charge in [0, 0.05) is 19.7 Å². The van der Waals surface area contributed by atoms with E-state index < -0.39 is 0 Å². The zero-order valence-electron chi connectivity index (χ0n) is 12.7. The molecule has 2 heterocycles. The van der Waals surface area contributed by atoms with Crippen molar-refractivity contribution in [3.8, 4) is 0 Å². The molecule has 0 aromatic rings. The third kappa shape index (κ3) is 4.97. The van der Waals surface area contributed by atoms with Crippen molar-refractivity contribution in [3.05, 3.63) is 0 Å². The topological polar surface area (TPSA) is 54.0 Å². The minimum atomic E-state index is -0.385. The summed E-state index contributed by atoms with van der Waals surface area (Å²) in [6, 6.07) is 0.649. The summed E-state index contributed by atoms with van der Waals surface area (Å²) < 4.78 is 10.3. The summed E-state index contributed by atoms with van der Waals surface area (Å²) >= 11 is 0. The number of rotatable bonds is 8. The van der Waals surface area contributed by atoms with Gasteiger partial charge in [-0.2, -0.15) is 0 Å². The maximum absolute atomic E-state index is 10.1. The molecular weight excluding hydrogens is 256 g/mol. The van der Waals surface area contributed by atoms with Crippen molar-refractivity contribution in [2.75, 3.05) is 53.1 Å². The van der Waals surface area contributed by atoms with Crippen LogP contribution in [0.1, 0.15) is 25.7 Å². The number of nitrogens with one attached hydrogen (secondary N) is 1. The predicted octanol–water partition coefficient (Wildman–Crippen LogP) is 0.474. The van der Waals surface area contributed by atoms with E-state index in [1.165, 1.54) is 32.2 Å². The number of methoxy groups -OCH3 is 1. The summed E-state index contributed by atoms with van der Waals surface area (Å²) in [5, 5.41) is 13.6. The molecule has 0 amide bonds. The van der Waals surface area contributed by atoms with Gasteiger partial charge in [-0.1, -0.05) is 0 Å². The number of piperidine rings is 1. The van der Waals surface area contributed by atoms with Crippen molar-refractivity contribution in [2.45, 2.75) is 37.8 Å². The van der Waals surface area contributed by atoms with Crippen LogP contribution < -0.4 is 5.32 Å². The van der Waals surface area contributed by atoms with Gasteiger partial charge in [0.15, 0.2) is 0 Å². The van der Waals surface area contributed by atoms with Gasteiger partial charge in [0.05, 0.1) is 25.9 Å². The summed E-state index contributed by atoms with van der Waals surface area (Å²) in [6.07, 6.45) is 4.78. The molecule has 0 radical (unpaired) electrons. The van der Waals surface area contributed by atoms with Gasteiger partial charge in [-0.3, -0.25) is 4.90 Å². The fourth-order valence-corrected chi connectivity index (χ4v) is 3.50. The van der Waals surface area contributed by atoms with Crippen molar-refractivity contribution < 1.29 is 14.6 Å². The SMILES string of the molecule is COCCOCC(O)CN1CCCC1C1CCCNC1. The summed E-state index contributed by atoms with van der Waals surface area (Å²) in [4.78, 5) is 2.47. The number of hydrogen-bond acceptors (Lipinski definition) is 5. The van der Waals surface area contributed by atoms with Crippen LogP contribution in [-0.4, -0.2) is 75.3 Å². The first kappa shape index (κ1) is 16.2. The van der Waals surface area contributed by atoms with Crippen molar-refractivity contribution in [1.82, 2.24) is 10.2 Å². The van der Waals surface area contributed by atoms with Crippen molar-refractivity contribution in [2.24, 2.45) is 5.92 Å². The molecule has 0 aliphatic carbocycles. The molecule has 5 heteroatoms. The van der Waals surface area contributed by atoms with E-state index in [1.54, 1.807) is 7.11 Å². The highest BCUT2D eigenvalue weighted by Crippen LogP contribution is 2.28. The molecule has 2 N–H and O–H groups in total. The zero-order chi connectivity index (χ0) is 14.2. The van der Waals surface area contributed by atoms with Crippen LogP contribution in [0.3, 0.4) is 0 Å². The molecule has 0 aromatic heterocycles. The number of aliphatic hydroxyl groups is 1. The Balaban J connectivity index is 1.70. The summed E-state index contributed by atoms with van der Waals surface area (Å²) in [6.45, 7) is 5.73. The molecule has 2 rings (SSSR count). The van der Waals surface area contributed by atoms with Gasteiger partial charge in [0.25, 0.3) is 0 Å². The molecule has 0 bridgehead atoms. The number of ether oxygens (including phenoxy) is 2. The van der Waals surface area contributed by atoms with E-state index in [0.717, 1.165) is 25.6 Å². The lowest BCUT2D eigenvalue weighted by Crippen LogP contribution is -2.46. The Labute approximate surface area is 122 Å².